The van der Waals surface area contributed by atoms with E-state index >= 15 is 0 Å². The summed E-state index contributed by atoms with van der Waals surface area (Å²) in [6.07, 6.45) is -6.33. The second-order valence-electron chi connectivity index (χ2n) is 15.6. The molecule has 0 amide bonds. The first-order valence-electron chi connectivity index (χ1n) is 16.4. The number of aliphatic hydroxyl groups is 2. The highest BCUT2D eigenvalue weighted by molar-refractivity contribution is 7.80. The molecular formula is C29H52O15P2S. The van der Waals surface area contributed by atoms with Crippen molar-refractivity contribution in [3.05, 3.63) is 0 Å². The SMILES string of the molecule is COP(=O)(O)O[C@@H]1C2OC([C@@H](C)C(C)C)CC(C)C2[C@@]2(C)CCC3[C@H](C12)[C@@H](OP(=O)(O)O)[C@@H](O)C1C(O)C(OS(=O)(=O)O)CC[C@]31C. The highest BCUT2D eigenvalue weighted by Gasteiger charge is 2.73. The molecule has 6 N–H and O–H groups in total. The van der Waals surface area contributed by atoms with E-state index in [9.17, 15) is 47.0 Å². The second-order valence-corrected chi connectivity index (χ2v) is 19.4. The lowest BCUT2D eigenvalue weighted by Gasteiger charge is -2.65. The minimum absolute atomic E-state index is 0.00542. The van der Waals surface area contributed by atoms with Gasteiger partial charge in [-0.25, -0.2) is 13.3 Å². The van der Waals surface area contributed by atoms with E-state index in [1.807, 2.05) is 13.8 Å². The molecule has 4 aliphatic carbocycles. The number of phosphoric acid groups is 2. The van der Waals surface area contributed by atoms with Gasteiger partial charge in [-0.3, -0.25) is 18.1 Å². The van der Waals surface area contributed by atoms with Crippen molar-refractivity contribution in [1.82, 2.24) is 0 Å². The Morgan fingerprint density at radius 1 is 0.894 bits per heavy atom. The van der Waals surface area contributed by atoms with E-state index in [0.29, 0.717) is 12.8 Å². The summed E-state index contributed by atoms with van der Waals surface area (Å²) in [5.41, 5.74) is -1.58. The lowest BCUT2D eigenvalue weighted by atomic mass is 9.42. The van der Waals surface area contributed by atoms with Crippen LogP contribution in [0.25, 0.3) is 0 Å². The monoisotopic (exact) mass is 734 g/mol. The zero-order chi connectivity index (χ0) is 35.2. The smallest absolute Gasteiger partial charge is 0.390 e. The molecule has 0 spiro atoms. The van der Waals surface area contributed by atoms with Gasteiger partial charge in [0.15, 0.2) is 0 Å². The van der Waals surface area contributed by atoms with Gasteiger partial charge < -0.3 is 29.6 Å². The Morgan fingerprint density at radius 2 is 1.51 bits per heavy atom. The number of aliphatic hydroxyl groups excluding tert-OH is 2. The van der Waals surface area contributed by atoms with Gasteiger partial charge in [0.2, 0.25) is 0 Å². The lowest BCUT2D eigenvalue weighted by Crippen LogP contribution is -2.69. The molecule has 5 rings (SSSR count). The van der Waals surface area contributed by atoms with Crippen molar-refractivity contribution in [1.29, 1.82) is 0 Å². The van der Waals surface area contributed by atoms with E-state index in [4.69, 9.17) is 22.5 Å². The summed E-state index contributed by atoms with van der Waals surface area (Å²) in [6.45, 7) is 12.3. The van der Waals surface area contributed by atoms with Crippen LogP contribution in [0.2, 0.25) is 0 Å². The fourth-order valence-corrected chi connectivity index (χ4v) is 12.7. The molecule has 10 unspecified atom stereocenters. The van der Waals surface area contributed by atoms with Crippen LogP contribution in [0, 0.1) is 58.2 Å². The van der Waals surface area contributed by atoms with Crippen LogP contribution in [0.1, 0.15) is 73.6 Å². The van der Waals surface area contributed by atoms with Gasteiger partial charge >= 0.3 is 26.0 Å². The molecule has 17 atom stereocenters. The fourth-order valence-electron chi connectivity index (χ4n) is 10.9. The van der Waals surface area contributed by atoms with Gasteiger partial charge in [0.1, 0.15) is 6.10 Å². The van der Waals surface area contributed by atoms with Crippen molar-refractivity contribution in [3.63, 3.8) is 0 Å². The van der Waals surface area contributed by atoms with Crippen LogP contribution in [0.15, 0.2) is 0 Å². The Bertz CT molecular complexity index is 1370. The standard InChI is InChI=1S/C29H52O15P2S/c1-13(2)15(4)18-12-14(3)20-26(41-18)27(43-46(35,36)40-7)21-19-16(8-10-29(20,21)6)28(5)11-9-17(44-47(37,38)39)23(30)22(28)24(31)25(19)42-45(32,33)34/h13-27,30-31H,8-12H2,1-7H3,(H,35,36)(H2,32,33,34)(H,37,38,39)/t14?,15-,16?,17?,18?,19+,20?,21?,22?,23?,24-,25+,26?,27-,28+,29+/m0/s1. The van der Waals surface area contributed by atoms with E-state index in [-0.39, 0.29) is 42.6 Å². The molecule has 0 aromatic carbocycles. The molecule has 1 saturated heterocycles. The molecular weight excluding hydrogens is 682 g/mol. The van der Waals surface area contributed by atoms with Crippen LogP contribution in [0.4, 0.5) is 0 Å². The normalized spacial score (nSPS) is 48.9. The summed E-state index contributed by atoms with van der Waals surface area (Å²) in [5, 5.41) is 23.4. The summed E-state index contributed by atoms with van der Waals surface area (Å²) in [4.78, 5) is 30.9. The minimum Gasteiger partial charge on any atom is -0.390 e. The van der Waals surface area contributed by atoms with E-state index in [1.54, 1.807) is 0 Å². The van der Waals surface area contributed by atoms with Crippen LogP contribution in [-0.4, -0.2) is 87.7 Å². The van der Waals surface area contributed by atoms with Crippen molar-refractivity contribution < 1.29 is 69.5 Å². The summed E-state index contributed by atoms with van der Waals surface area (Å²) >= 11 is 0. The number of phosphoric ester groups is 2. The Hall–Kier alpha value is -0.0300. The van der Waals surface area contributed by atoms with Gasteiger partial charge in [-0.1, -0.05) is 41.5 Å². The highest BCUT2D eigenvalue weighted by Crippen LogP contribution is 2.72. The molecule has 5 fully saturated rings. The fraction of sp³-hybridized carbons (Fsp3) is 1.00. The molecule has 5 aliphatic rings. The molecule has 0 aromatic heterocycles. The maximum Gasteiger partial charge on any atom is 0.472 e. The molecule has 0 aromatic rings. The van der Waals surface area contributed by atoms with Crippen molar-refractivity contribution in [2.75, 3.05) is 7.11 Å². The molecule has 0 radical (unpaired) electrons. The topological polar surface area (TPSA) is 236 Å². The molecule has 274 valence electrons. The first-order chi connectivity index (χ1) is 21.5. The summed E-state index contributed by atoms with van der Waals surface area (Å²) < 4.78 is 86.0. The third-order valence-electron chi connectivity index (χ3n) is 13.0. The largest absolute Gasteiger partial charge is 0.472 e. The lowest BCUT2D eigenvalue weighted by molar-refractivity contribution is -0.250. The van der Waals surface area contributed by atoms with Crippen molar-refractivity contribution >= 4 is 26.0 Å². The summed E-state index contributed by atoms with van der Waals surface area (Å²) in [5.74, 6) is -2.88. The maximum absolute atomic E-state index is 13.2. The van der Waals surface area contributed by atoms with Gasteiger partial charge in [-0.2, -0.15) is 8.42 Å². The first-order valence-corrected chi connectivity index (χ1v) is 20.8. The van der Waals surface area contributed by atoms with Gasteiger partial charge in [0, 0.05) is 13.0 Å². The van der Waals surface area contributed by atoms with E-state index < -0.39 is 97.2 Å². The number of ether oxygens (including phenoxy) is 1. The summed E-state index contributed by atoms with van der Waals surface area (Å²) in [7, 11) is -13.8. The van der Waals surface area contributed by atoms with Gasteiger partial charge in [0.25, 0.3) is 0 Å². The Kier molecular flexibility index (Phi) is 10.5. The predicted molar refractivity (Wildman–Crippen MR) is 166 cm³/mol. The van der Waals surface area contributed by atoms with Crippen LogP contribution in [0.3, 0.4) is 0 Å². The Balaban J connectivity index is 1.65. The summed E-state index contributed by atoms with van der Waals surface area (Å²) in [6, 6.07) is 0. The van der Waals surface area contributed by atoms with E-state index in [1.165, 1.54) is 0 Å². The zero-order valence-corrected chi connectivity index (χ0v) is 30.5. The van der Waals surface area contributed by atoms with E-state index in [2.05, 4.69) is 27.7 Å². The number of hydrogen-bond donors (Lipinski definition) is 6. The Morgan fingerprint density at radius 3 is 2.06 bits per heavy atom. The van der Waals surface area contributed by atoms with Crippen molar-refractivity contribution in [2.45, 2.75) is 116 Å². The molecule has 1 aliphatic heterocycles. The predicted octanol–water partition coefficient (Wildman–Crippen LogP) is 3.30. The average Bonchev–Trinajstić information content (AvgIpc) is 3.18. The van der Waals surface area contributed by atoms with Gasteiger partial charge in [-0.05, 0) is 84.4 Å². The van der Waals surface area contributed by atoms with Gasteiger partial charge in [-0.15, -0.1) is 0 Å². The molecule has 0 bridgehead atoms. The zero-order valence-electron chi connectivity index (χ0n) is 27.9. The molecule has 15 nitrogen and oxygen atoms in total. The Labute approximate surface area is 276 Å². The van der Waals surface area contributed by atoms with Crippen LogP contribution in [0.5, 0.6) is 0 Å². The number of rotatable bonds is 9. The third kappa shape index (κ3) is 6.84. The average molecular weight is 735 g/mol. The molecule has 47 heavy (non-hydrogen) atoms. The first kappa shape index (κ1) is 38.2. The molecule has 18 heteroatoms. The highest BCUT2D eigenvalue weighted by atomic mass is 32.3. The number of hydrogen-bond acceptors (Lipinski definition) is 11. The van der Waals surface area contributed by atoms with Gasteiger partial charge in [0.05, 0.1) is 36.6 Å². The quantitative estimate of drug-likeness (QED) is 0.147. The van der Waals surface area contributed by atoms with Crippen molar-refractivity contribution in [3.8, 4) is 0 Å². The van der Waals surface area contributed by atoms with Crippen LogP contribution < -0.4 is 0 Å². The molecule has 4 saturated carbocycles. The number of fused-ring (bicyclic) bond motifs is 7. The maximum atomic E-state index is 13.2. The van der Waals surface area contributed by atoms with Crippen LogP contribution in [-0.2, 0) is 42.0 Å². The second kappa shape index (κ2) is 12.9. The third-order valence-corrected chi connectivity index (χ3v) is 15.0. The van der Waals surface area contributed by atoms with Crippen molar-refractivity contribution in [2.24, 2.45) is 58.2 Å². The van der Waals surface area contributed by atoms with Crippen LogP contribution >= 0.6 is 15.6 Å². The van der Waals surface area contributed by atoms with E-state index in [0.717, 1.165) is 13.5 Å². The minimum atomic E-state index is -5.29. The molecule has 1 heterocycles.